The molecular formula is C26H22O7. The Balaban J connectivity index is 0.000000215. The van der Waals surface area contributed by atoms with Crippen molar-refractivity contribution < 1.29 is 34.5 Å². The summed E-state index contributed by atoms with van der Waals surface area (Å²) in [7, 11) is 0. The van der Waals surface area contributed by atoms with Gasteiger partial charge in [-0.05, 0) is 50.6 Å². The van der Waals surface area contributed by atoms with Gasteiger partial charge in [0.1, 0.15) is 11.5 Å². The molecule has 1 atom stereocenters. The van der Waals surface area contributed by atoms with Gasteiger partial charge in [0.15, 0.2) is 23.1 Å². The summed E-state index contributed by atoms with van der Waals surface area (Å²) < 4.78 is 0. The van der Waals surface area contributed by atoms with E-state index in [1.54, 1.807) is 30.3 Å². The van der Waals surface area contributed by atoms with Gasteiger partial charge in [0.25, 0.3) is 0 Å². The number of rotatable bonds is 3. The van der Waals surface area contributed by atoms with Crippen LogP contribution >= 0.6 is 0 Å². The number of benzene rings is 2. The van der Waals surface area contributed by atoms with E-state index in [1.807, 2.05) is 13.8 Å². The number of hydrogen-bond acceptors (Lipinski definition) is 7. The van der Waals surface area contributed by atoms with Crippen LogP contribution in [-0.4, -0.2) is 44.6 Å². The standard InChI is InChI=1S/C16H16O5.C10H6O2/c1-8(2)3-4-10(17)9-7-13(20)14-11(18)5-6-12(19)15(14)16(9)21;11-9-5-6-10(12)8-4-2-1-3-7(8)9/h3,5-7,10,17-19H,4H2,1-2H3;1-6H/t10-;/m0./s1. The molecule has 0 aliphatic heterocycles. The Hall–Kier alpha value is -4.10. The number of Topliss-reactive ketones (excluding diaryl/α,β-unsaturated/α-hetero) is 1. The summed E-state index contributed by atoms with van der Waals surface area (Å²) in [5.74, 6) is -2.19. The second-order valence-corrected chi connectivity index (χ2v) is 7.79. The Bertz CT molecular complexity index is 1220. The summed E-state index contributed by atoms with van der Waals surface area (Å²) in [5.41, 5.74) is 1.43. The second-order valence-electron chi connectivity index (χ2n) is 7.79. The van der Waals surface area contributed by atoms with Crippen LogP contribution in [0.1, 0.15) is 61.7 Å². The van der Waals surface area contributed by atoms with Gasteiger partial charge in [0.05, 0.1) is 17.2 Å². The van der Waals surface area contributed by atoms with E-state index in [1.165, 1.54) is 12.2 Å². The van der Waals surface area contributed by atoms with Crippen LogP contribution in [-0.2, 0) is 0 Å². The first kappa shape index (κ1) is 23.6. The van der Waals surface area contributed by atoms with Gasteiger partial charge in [-0.3, -0.25) is 19.2 Å². The summed E-state index contributed by atoms with van der Waals surface area (Å²) in [4.78, 5) is 46.8. The first-order valence-electron chi connectivity index (χ1n) is 10.1. The highest BCUT2D eigenvalue weighted by Gasteiger charge is 2.33. The second kappa shape index (κ2) is 9.58. The lowest BCUT2D eigenvalue weighted by Crippen LogP contribution is -2.25. The summed E-state index contributed by atoms with van der Waals surface area (Å²) in [5, 5.41) is 29.5. The van der Waals surface area contributed by atoms with Crippen molar-refractivity contribution in [3.05, 3.63) is 94.1 Å². The van der Waals surface area contributed by atoms with E-state index in [0.717, 1.165) is 23.8 Å². The van der Waals surface area contributed by atoms with Gasteiger partial charge < -0.3 is 15.3 Å². The fraction of sp³-hybridized carbons (Fsp3) is 0.154. The average Bonchev–Trinajstić information content (AvgIpc) is 2.79. The molecule has 0 spiro atoms. The molecule has 33 heavy (non-hydrogen) atoms. The number of ketones is 4. The third kappa shape index (κ3) is 4.88. The van der Waals surface area contributed by atoms with Crippen molar-refractivity contribution in [1.82, 2.24) is 0 Å². The molecule has 4 rings (SSSR count). The lowest BCUT2D eigenvalue weighted by atomic mass is 9.85. The molecule has 2 aliphatic carbocycles. The number of carbonyl (C=O) groups excluding carboxylic acids is 4. The van der Waals surface area contributed by atoms with Gasteiger partial charge in [0.2, 0.25) is 0 Å². The van der Waals surface area contributed by atoms with Crippen molar-refractivity contribution in [2.24, 2.45) is 0 Å². The first-order chi connectivity index (χ1) is 15.6. The minimum atomic E-state index is -1.13. The summed E-state index contributed by atoms with van der Waals surface area (Å²) in [6.07, 6.45) is 4.46. The Morgan fingerprint density at radius 3 is 1.85 bits per heavy atom. The Kier molecular flexibility index (Phi) is 6.84. The third-order valence-corrected chi connectivity index (χ3v) is 5.14. The quantitative estimate of drug-likeness (QED) is 0.484. The highest BCUT2D eigenvalue weighted by Crippen LogP contribution is 2.35. The fourth-order valence-corrected chi connectivity index (χ4v) is 3.45. The predicted octanol–water partition coefficient (Wildman–Crippen LogP) is 3.74. The molecule has 2 aromatic carbocycles. The fourth-order valence-electron chi connectivity index (χ4n) is 3.45. The van der Waals surface area contributed by atoms with Crippen molar-refractivity contribution >= 4 is 23.1 Å². The molecule has 0 saturated carbocycles. The summed E-state index contributed by atoms with van der Waals surface area (Å²) >= 11 is 0. The molecule has 0 bridgehead atoms. The van der Waals surface area contributed by atoms with Gasteiger partial charge in [0, 0.05) is 16.7 Å². The van der Waals surface area contributed by atoms with Crippen LogP contribution < -0.4 is 0 Å². The topological polar surface area (TPSA) is 129 Å². The molecule has 0 heterocycles. The molecular weight excluding hydrogens is 424 g/mol. The van der Waals surface area contributed by atoms with Crippen molar-refractivity contribution in [3.8, 4) is 11.5 Å². The van der Waals surface area contributed by atoms with Crippen LogP contribution in [0.25, 0.3) is 0 Å². The van der Waals surface area contributed by atoms with Crippen molar-refractivity contribution in [3.63, 3.8) is 0 Å². The number of phenolic OH excluding ortho intramolecular Hbond substituents is 2. The SMILES string of the molecule is CC(C)=CC[C@H](O)C1=CC(=O)c2c(O)ccc(O)c2C1=O.O=C1C=CC(=O)c2ccccc21. The van der Waals surface area contributed by atoms with E-state index < -0.39 is 17.7 Å². The van der Waals surface area contributed by atoms with E-state index in [9.17, 15) is 34.5 Å². The maximum Gasteiger partial charge on any atom is 0.196 e. The van der Waals surface area contributed by atoms with Gasteiger partial charge in [-0.1, -0.05) is 35.9 Å². The maximum absolute atomic E-state index is 12.3. The molecule has 7 heteroatoms. The van der Waals surface area contributed by atoms with Crippen molar-refractivity contribution in [2.75, 3.05) is 0 Å². The highest BCUT2D eigenvalue weighted by atomic mass is 16.3. The zero-order valence-electron chi connectivity index (χ0n) is 18.0. The van der Waals surface area contributed by atoms with Crippen LogP contribution in [0.5, 0.6) is 11.5 Å². The largest absolute Gasteiger partial charge is 0.507 e. The molecule has 168 valence electrons. The normalized spacial score (nSPS) is 15.1. The first-order valence-corrected chi connectivity index (χ1v) is 10.1. The van der Waals surface area contributed by atoms with E-state index in [2.05, 4.69) is 0 Å². The number of fused-ring (bicyclic) bond motifs is 2. The smallest absolute Gasteiger partial charge is 0.196 e. The third-order valence-electron chi connectivity index (χ3n) is 5.14. The van der Waals surface area contributed by atoms with E-state index in [-0.39, 0.29) is 46.2 Å². The maximum atomic E-state index is 12.3. The van der Waals surface area contributed by atoms with Crippen LogP contribution in [0.3, 0.4) is 0 Å². The minimum Gasteiger partial charge on any atom is -0.507 e. The zero-order chi connectivity index (χ0) is 24.3. The van der Waals surface area contributed by atoms with Crippen LogP contribution in [0.15, 0.2) is 71.8 Å². The molecule has 0 saturated heterocycles. The van der Waals surface area contributed by atoms with Crippen molar-refractivity contribution in [2.45, 2.75) is 26.4 Å². The molecule has 0 radical (unpaired) electrons. The average molecular weight is 446 g/mol. The Morgan fingerprint density at radius 1 is 0.818 bits per heavy atom. The summed E-state index contributed by atoms with van der Waals surface area (Å²) in [6, 6.07) is 9.13. The van der Waals surface area contributed by atoms with Gasteiger partial charge in [-0.25, -0.2) is 0 Å². The lowest BCUT2D eigenvalue weighted by molar-refractivity contribution is 0.0943. The van der Waals surface area contributed by atoms with E-state index in [4.69, 9.17) is 0 Å². The minimum absolute atomic E-state index is 0.0779. The van der Waals surface area contributed by atoms with Gasteiger partial charge >= 0.3 is 0 Å². The van der Waals surface area contributed by atoms with Gasteiger partial charge in [-0.2, -0.15) is 0 Å². The molecule has 2 aromatic rings. The van der Waals surface area contributed by atoms with Gasteiger partial charge in [-0.15, -0.1) is 0 Å². The number of carbonyl (C=O) groups is 4. The molecule has 7 nitrogen and oxygen atoms in total. The predicted molar refractivity (Wildman–Crippen MR) is 121 cm³/mol. The number of phenols is 2. The lowest BCUT2D eigenvalue weighted by Gasteiger charge is -2.20. The number of allylic oxidation sites excluding steroid dienone is 4. The van der Waals surface area contributed by atoms with Crippen LogP contribution in [0, 0.1) is 0 Å². The molecule has 0 fully saturated rings. The van der Waals surface area contributed by atoms with Crippen molar-refractivity contribution in [1.29, 1.82) is 0 Å². The molecule has 2 aliphatic rings. The molecule has 0 amide bonds. The number of aliphatic hydroxyl groups is 1. The van der Waals surface area contributed by atoms with E-state index in [0.29, 0.717) is 11.1 Å². The van der Waals surface area contributed by atoms with E-state index >= 15 is 0 Å². The monoisotopic (exact) mass is 446 g/mol. The Morgan fingerprint density at radius 2 is 1.33 bits per heavy atom. The molecule has 0 aromatic heterocycles. The molecule has 0 unspecified atom stereocenters. The number of hydrogen-bond donors (Lipinski definition) is 3. The van der Waals surface area contributed by atoms with Crippen LogP contribution in [0.4, 0.5) is 0 Å². The van der Waals surface area contributed by atoms with Crippen LogP contribution in [0.2, 0.25) is 0 Å². The zero-order valence-corrected chi connectivity index (χ0v) is 18.0. The number of aliphatic hydroxyl groups excluding tert-OH is 1. The summed E-state index contributed by atoms with van der Waals surface area (Å²) in [6.45, 7) is 3.71. The number of aromatic hydroxyl groups is 2. The molecule has 3 N–H and O–H groups in total. The Labute approximate surface area is 190 Å². The highest BCUT2D eigenvalue weighted by molar-refractivity contribution is 6.27.